The molecule has 0 aliphatic carbocycles. The molecular weight excluding hydrogens is 278 g/mol. The Balaban J connectivity index is 1.78. The zero-order valence-electron chi connectivity index (χ0n) is 12.6. The molecule has 1 aromatic carbocycles. The third-order valence-corrected chi connectivity index (χ3v) is 3.46. The maximum Gasteiger partial charge on any atom is 0.315 e. The first-order valence-corrected chi connectivity index (χ1v) is 7.41. The third kappa shape index (κ3) is 4.77. The van der Waals surface area contributed by atoms with E-state index in [1.165, 1.54) is 0 Å². The second-order valence-corrected chi connectivity index (χ2v) is 5.06. The molecule has 0 bridgehead atoms. The number of benzene rings is 1. The number of carbonyl (C=O) groups excluding carboxylic acids is 1. The summed E-state index contributed by atoms with van der Waals surface area (Å²) in [6.07, 6.45) is 4.99. The summed E-state index contributed by atoms with van der Waals surface area (Å²) in [4.78, 5) is 15.9. The second kappa shape index (κ2) is 8.02. The fraction of sp³-hybridized carbons (Fsp3) is 0.294. The van der Waals surface area contributed by atoms with Crippen molar-refractivity contribution < 1.29 is 9.90 Å². The van der Waals surface area contributed by atoms with Crippen LogP contribution in [0.1, 0.15) is 30.5 Å². The summed E-state index contributed by atoms with van der Waals surface area (Å²) in [7, 11) is 0. The predicted octanol–water partition coefficient (Wildman–Crippen LogP) is 2.78. The molecule has 0 spiro atoms. The summed E-state index contributed by atoms with van der Waals surface area (Å²) in [5, 5.41) is 15.0. The van der Waals surface area contributed by atoms with E-state index in [1.54, 1.807) is 24.5 Å². The number of nitrogens with zero attached hydrogens (tertiary/aromatic N) is 1. The smallest absolute Gasteiger partial charge is 0.315 e. The van der Waals surface area contributed by atoms with Gasteiger partial charge in [0.2, 0.25) is 0 Å². The Labute approximate surface area is 130 Å². The number of phenolic OH excluding ortho intramolecular Hbond substituents is 1. The Kier molecular flexibility index (Phi) is 5.77. The number of amides is 2. The summed E-state index contributed by atoms with van der Waals surface area (Å²) < 4.78 is 0. The van der Waals surface area contributed by atoms with Gasteiger partial charge in [0.1, 0.15) is 5.75 Å². The van der Waals surface area contributed by atoms with E-state index in [1.807, 2.05) is 31.2 Å². The Hall–Kier alpha value is -2.56. The summed E-state index contributed by atoms with van der Waals surface area (Å²) >= 11 is 0. The van der Waals surface area contributed by atoms with Crippen molar-refractivity contribution in [2.45, 2.75) is 25.8 Å². The molecule has 0 radical (unpaired) electrons. The third-order valence-electron chi connectivity index (χ3n) is 3.46. The van der Waals surface area contributed by atoms with Crippen LogP contribution in [0.15, 0.2) is 48.8 Å². The van der Waals surface area contributed by atoms with Gasteiger partial charge in [-0.1, -0.05) is 19.1 Å². The number of urea groups is 1. The fourth-order valence-electron chi connectivity index (χ4n) is 2.21. The van der Waals surface area contributed by atoms with Crippen molar-refractivity contribution in [2.75, 3.05) is 6.54 Å². The Bertz CT molecular complexity index is 585. The summed E-state index contributed by atoms with van der Waals surface area (Å²) in [5.41, 5.74) is 2.12. The lowest BCUT2D eigenvalue weighted by Gasteiger charge is -2.17. The minimum Gasteiger partial charge on any atom is -0.508 e. The number of phenols is 1. The molecule has 2 aromatic rings. The van der Waals surface area contributed by atoms with Gasteiger partial charge in [0, 0.05) is 18.9 Å². The van der Waals surface area contributed by atoms with E-state index in [-0.39, 0.29) is 17.8 Å². The Morgan fingerprint density at radius 1 is 1.18 bits per heavy atom. The van der Waals surface area contributed by atoms with E-state index in [0.717, 1.165) is 24.0 Å². The monoisotopic (exact) mass is 299 g/mol. The summed E-state index contributed by atoms with van der Waals surface area (Å²) in [6, 6.07) is 10.6. The van der Waals surface area contributed by atoms with Crippen LogP contribution in [-0.2, 0) is 6.42 Å². The van der Waals surface area contributed by atoms with Crippen LogP contribution >= 0.6 is 0 Å². The predicted molar refractivity (Wildman–Crippen MR) is 85.6 cm³/mol. The fourth-order valence-corrected chi connectivity index (χ4v) is 2.21. The molecule has 1 atom stereocenters. The number of rotatable bonds is 6. The standard InChI is InChI=1S/C17H21N3O2/c1-2-16(14-8-10-18-11-9-14)20-17(22)19-12-7-13-3-5-15(21)6-4-13/h3-6,8-11,16,21H,2,7,12H2,1H3,(H2,19,20,22)/t16-/m0/s1. The molecule has 116 valence electrons. The van der Waals surface area contributed by atoms with Gasteiger partial charge in [-0.2, -0.15) is 0 Å². The molecule has 0 saturated heterocycles. The highest BCUT2D eigenvalue weighted by atomic mass is 16.3. The van der Waals surface area contributed by atoms with E-state index in [4.69, 9.17) is 0 Å². The van der Waals surface area contributed by atoms with Crippen molar-refractivity contribution in [3.63, 3.8) is 0 Å². The van der Waals surface area contributed by atoms with E-state index in [0.29, 0.717) is 6.54 Å². The molecule has 2 amide bonds. The highest BCUT2D eigenvalue weighted by Gasteiger charge is 2.11. The lowest BCUT2D eigenvalue weighted by Crippen LogP contribution is -2.38. The number of aromatic nitrogens is 1. The number of pyridine rings is 1. The minimum atomic E-state index is -0.178. The maximum atomic E-state index is 12.0. The van der Waals surface area contributed by atoms with Gasteiger partial charge in [-0.05, 0) is 48.2 Å². The molecule has 3 N–H and O–H groups in total. The molecule has 0 saturated carbocycles. The normalized spacial score (nSPS) is 11.7. The molecule has 0 aliphatic rings. The maximum absolute atomic E-state index is 12.0. The van der Waals surface area contributed by atoms with Crippen LogP contribution in [0.25, 0.3) is 0 Å². The minimum absolute atomic E-state index is 0.0170. The van der Waals surface area contributed by atoms with Crippen LogP contribution in [0.5, 0.6) is 5.75 Å². The lowest BCUT2D eigenvalue weighted by atomic mass is 10.1. The largest absolute Gasteiger partial charge is 0.508 e. The molecule has 1 heterocycles. The van der Waals surface area contributed by atoms with Crippen molar-refractivity contribution in [1.82, 2.24) is 15.6 Å². The summed E-state index contributed by atoms with van der Waals surface area (Å²) in [6.45, 7) is 2.57. The zero-order chi connectivity index (χ0) is 15.8. The zero-order valence-corrected chi connectivity index (χ0v) is 12.6. The lowest BCUT2D eigenvalue weighted by molar-refractivity contribution is 0.237. The van der Waals surface area contributed by atoms with Crippen LogP contribution in [0, 0.1) is 0 Å². The van der Waals surface area contributed by atoms with E-state index in [9.17, 15) is 9.90 Å². The Morgan fingerprint density at radius 2 is 1.86 bits per heavy atom. The van der Waals surface area contributed by atoms with Gasteiger partial charge in [0.15, 0.2) is 0 Å². The highest BCUT2D eigenvalue weighted by Crippen LogP contribution is 2.14. The molecule has 2 rings (SSSR count). The van der Waals surface area contributed by atoms with E-state index >= 15 is 0 Å². The van der Waals surface area contributed by atoms with Crippen LogP contribution < -0.4 is 10.6 Å². The van der Waals surface area contributed by atoms with Gasteiger partial charge in [0.05, 0.1) is 6.04 Å². The molecule has 0 fully saturated rings. The first-order valence-electron chi connectivity index (χ1n) is 7.41. The van der Waals surface area contributed by atoms with Crippen LogP contribution in [-0.4, -0.2) is 22.7 Å². The van der Waals surface area contributed by atoms with E-state index < -0.39 is 0 Å². The molecule has 0 unspecified atom stereocenters. The topological polar surface area (TPSA) is 74.2 Å². The van der Waals surface area contributed by atoms with Crippen LogP contribution in [0.4, 0.5) is 4.79 Å². The molecule has 1 aromatic heterocycles. The number of hydrogen-bond acceptors (Lipinski definition) is 3. The quantitative estimate of drug-likeness (QED) is 0.768. The average Bonchev–Trinajstić information content (AvgIpc) is 2.55. The van der Waals surface area contributed by atoms with Gasteiger partial charge in [-0.15, -0.1) is 0 Å². The Morgan fingerprint density at radius 3 is 2.50 bits per heavy atom. The average molecular weight is 299 g/mol. The molecule has 5 nitrogen and oxygen atoms in total. The number of carbonyl (C=O) groups is 1. The number of aromatic hydroxyl groups is 1. The SMILES string of the molecule is CC[C@H](NC(=O)NCCc1ccc(O)cc1)c1ccncc1. The van der Waals surface area contributed by atoms with Gasteiger partial charge < -0.3 is 15.7 Å². The van der Waals surface area contributed by atoms with Gasteiger partial charge in [0.25, 0.3) is 0 Å². The van der Waals surface area contributed by atoms with Crippen LogP contribution in [0.2, 0.25) is 0 Å². The highest BCUT2D eigenvalue weighted by molar-refractivity contribution is 5.74. The first kappa shape index (κ1) is 15.8. The molecule has 0 aliphatic heterocycles. The van der Waals surface area contributed by atoms with Gasteiger partial charge >= 0.3 is 6.03 Å². The van der Waals surface area contributed by atoms with Crippen molar-refractivity contribution in [3.8, 4) is 5.75 Å². The second-order valence-electron chi connectivity index (χ2n) is 5.06. The van der Waals surface area contributed by atoms with Crippen molar-refractivity contribution in [3.05, 3.63) is 59.9 Å². The van der Waals surface area contributed by atoms with Gasteiger partial charge in [-0.25, -0.2) is 4.79 Å². The molecular formula is C17H21N3O2. The summed E-state index contributed by atoms with van der Waals surface area (Å²) in [5.74, 6) is 0.248. The molecule has 22 heavy (non-hydrogen) atoms. The van der Waals surface area contributed by atoms with Crippen molar-refractivity contribution >= 4 is 6.03 Å². The van der Waals surface area contributed by atoms with E-state index in [2.05, 4.69) is 15.6 Å². The number of nitrogens with one attached hydrogen (secondary N) is 2. The number of hydrogen-bond donors (Lipinski definition) is 3. The van der Waals surface area contributed by atoms with Gasteiger partial charge in [-0.3, -0.25) is 4.98 Å². The molecule has 5 heteroatoms. The van der Waals surface area contributed by atoms with Crippen LogP contribution in [0.3, 0.4) is 0 Å². The van der Waals surface area contributed by atoms with Crippen molar-refractivity contribution in [2.24, 2.45) is 0 Å². The first-order chi connectivity index (χ1) is 10.7. The van der Waals surface area contributed by atoms with Crippen molar-refractivity contribution in [1.29, 1.82) is 0 Å².